The van der Waals surface area contributed by atoms with E-state index in [-0.39, 0.29) is 6.04 Å². The summed E-state index contributed by atoms with van der Waals surface area (Å²) >= 11 is 0. The van der Waals surface area contributed by atoms with Crippen LogP contribution in [0.3, 0.4) is 0 Å². The topological polar surface area (TPSA) is 46.2 Å². The predicted octanol–water partition coefficient (Wildman–Crippen LogP) is 3.16. The first kappa shape index (κ1) is 14.9. The van der Waals surface area contributed by atoms with E-state index in [0.717, 1.165) is 25.7 Å². The van der Waals surface area contributed by atoms with Crippen molar-refractivity contribution in [2.24, 2.45) is 11.8 Å². The summed E-state index contributed by atoms with van der Waals surface area (Å²) in [5.74, 6) is 0.810. The molecule has 2 aliphatic carbocycles. The molecule has 120 valence electrons. The van der Waals surface area contributed by atoms with Crippen molar-refractivity contribution in [2.45, 2.75) is 36.6 Å². The Hall–Kier alpha value is -1.65. The number of rotatable bonds is 3. The lowest BCUT2D eigenvalue weighted by atomic mass is 9.94. The molecule has 2 aromatic rings. The highest BCUT2D eigenvalue weighted by molar-refractivity contribution is 7.89. The van der Waals surface area contributed by atoms with Gasteiger partial charge in [0.1, 0.15) is 0 Å². The lowest BCUT2D eigenvalue weighted by molar-refractivity contribution is 0.386. The molecule has 0 spiro atoms. The Bertz CT molecular complexity index is 768. The number of nitrogens with one attached hydrogen (secondary N) is 1. The molecule has 0 radical (unpaired) electrons. The summed E-state index contributed by atoms with van der Waals surface area (Å²) in [6.07, 6.45) is 4.19. The molecule has 2 unspecified atom stereocenters. The average molecular weight is 327 g/mol. The number of fused-ring (bicyclic) bond motifs is 3. The van der Waals surface area contributed by atoms with Crippen LogP contribution in [0.15, 0.2) is 59.5 Å². The van der Waals surface area contributed by atoms with E-state index in [9.17, 15) is 8.42 Å². The van der Waals surface area contributed by atoms with Gasteiger partial charge in [-0.2, -0.15) is 0 Å². The van der Waals surface area contributed by atoms with Gasteiger partial charge >= 0.3 is 0 Å². The van der Waals surface area contributed by atoms with Gasteiger partial charge < -0.3 is 0 Å². The third kappa shape index (κ3) is 2.81. The SMILES string of the molecule is O=S(=O)(NC1C2CCC1Cc1ccccc1C2)c1ccccc1. The van der Waals surface area contributed by atoms with Gasteiger partial charge in [-0.05, 0) is 60.8 Å². The van der Waals surface area contributed by atoms with Crippen molar-refractivity contribution in [1.29, 1.82) is 0 Å². The van der Waals surface area contributed by atoms with Crippen molar-refractivity contribution in [3.63, 3.8) is 0 Å². The summed E-state index contributed by atoms with van der Waals surface area (Å²) in [6.45, 7) is 0. The van der Waals surface area contributed by atoms with E-state index in [4.69, 9.17) is 0 Å². The molecule has 4 rings (SSSR count). The highest BCUT2D eigenvalue weighted by Crippen LogP contribution is 2.40. The first-order chi connectivity index (χ1) is 11.1. The Kier molecular flexibility index (Phi) is 3.74. The molecule has 0 aliphatic heterocycles. The van der Waals surface area contributed by atoms with E-state index in [1.807, 2.05) is 6.07 Å². The maximum atomic E-state index is 12.7. The molecular formula is C19H21NO2S. The summed E-state index contributed by atoms with van der Waals surface area (Å²) in [6, 6.07) is 17.3. The summed E-state index contributed by atoms with van der Waals surface area (Å²) < 4.78 is 28.4. The first-order valence-electron chi connectivity index (χ1n) is 8.28. The predicted molar refractivity (Wildman–Crippen MR) is 90.6 cm³/mol. The number of benzene rings is 2. The van der Waals surface area contributed by atoms with E-state index in [0.29, 0.717) is 16.7 Å². The number of sulfonamides is 1. The molecule has 1 saturated carbocycles. The molecule has 2 bridgehead atoms. The van der Waals surface area contributed by atoms with Crippen molar-refractivity contribution in [3.8, 4) is 0 Å². The molecule has 0 heterocycles. The van der Waals surface area contributed by atoms with Crippen LogP contribution in [0.5, 0.6) is 0 Å². The monoisotopic (exact) mass is 327 g/mol. The van der Waals surface area contributed by atoms with Crippen LogP contribution in [0, 0.1) is 11.8 Å². The maximum absolute atomic E-state index is 12.7. The van der Waals surface area contributed by atoms with Gasteiger partial charge in [-0.15, -0.1) is 0 Å². The van der Waals surface area contributed by atoms with Gasteiger partial charge in [-0.1, -0.05) is 42.5 Å². The fraction of sp³-hybridized carbons (Fsp3) is 0.368. The van der Waals surface area contributed by atoms with E-state index in [1.54, 1.807) is 24.3 Å². The Morgan fingerprint density at radius 2 is 1.30 bits per heavy atom. The van der Waals surface area contributed by atoms with Gasteiger partial charge in [-0.25, -0.2) is 13.1 Å². The van der Waals surface area contributed by atoms with Gasteiger partial charge in [0.15, 0.2) is 0 Å². The zero-order chi connectivity index (χ0) is 15.9. The second-order valence-corrected chi connectivity index (χ2v) is 8.45. The van der Waals surface area contributed by atoms with Gasteiger partial charge in [-0.3, -0.25) is 0 Å². The van der Waals surface area contributed by atoms with Crippen LogP contribution in [0.4, 0.5) is 0 Å². The molecule has 0 amide bonds. The minimum atomic E-state index is -3.44. The summed E-state index contributed by atoms with van der Waals surface area (Å²) in [7, 11) is -3.44. The average Bonchev–Trinajstić information content (AvgIpc) is 2.82. The fourth-order valence-corrected chi connectivity index (χ4v) is 5.58. The summed E-state index contributed by atoms with van der Waals surface area (Å²) in [5.41, 5.74) is 2.78. The van der Waals surface area contributed by atoms with Crippen LogP contribution in [0.25, 0.3) is 0 Å². The van der Waals surface area contributed by atoms with Crippen LogP contribution in [0.2, 0.25) is 0 Å². The minimum Gasteiger partial charge on any atom is -0.207 e. The molecule has 2 aliphatic rings. The van der Waals surface area contributed by atoms with Crippen molar-refractivity contribution in [2.75, 3.05) is 0 Å². The van der Waals surface area contributed by atoms with E-state index >= 15 is 0 Å². The third-order valence-electron chi connectivity index (χ3n) is 5.35. The second-order valence-electron chi connectivity index (χ2n) is 6.73. The minimum absolute atomic E-state index is 0.0487. The zero-order valence-electron chi connectivity index (χ0n) is 13.0. The fourth-order valence-electron chi connectivity index (χ4n) is 4.19. The molecule has 4 heteroatoms. The quantitative estimate of drug-likeness (QED) is 0.941. The largest absolute Gasteiger partial charge is 0.240 e. The van der Waals surface area contributed by atoms with Gasteiger partial charge in [0.25, 0.3) is 0 Å². The molecule has 2 aromatic carbocycles. The molecular weight excluding hydrogens is 306 g/mol. The van der Waals surface area contributed by atoms with E-state index in [2.05, 4.69) is 29.0 Å². The molecule has 2 atom stereocenters. The molecule has 3 nitrogen and oxygen atoms in total. The van der Waals surface area contributed by atoms with Crippen LogP contribution in [-0.2, 0) is 22.9 Å². The molecule has 23 heavy (non-hydrogen) atoms. The Balaban J connectivity index is 1.62. The Labute approximate surface area is 137 Å². The molecule has 1 N–H and O–H groups in total. The Morgan fingerprint density at radius 3 is 1.87 bits per heavy atom. The second kappa shape index (κ2) is 5.77. The first-order valence-corrected chi connectivity index (χ1v) is 9.76. The third-order valence-corrected chi connectivity index (χ3v) is 6.83. The molecule has 1 fully saturated rings. The van der Waals surface area contributed by atoms with Crippen molar-refractivity contribution >= 4 is 10.0 Å². The summed E-state index contributed by atoms with van der Waals surface area (Å²) in [4.78, 5) is 0.362. The smallest absolute Gasteiger partial charge is 0.207 e. The van der Waals surface area contributed by atoms with E-state index < -0.39 is 10.0 Å². The summed E-state index contributed by atoms with van der Waals surface area (Å²) in [5, 5.41) is 0. The Morgan fingerprint density at radius 1 is 0.783 bits per heavy atom. The van der Waals surface area contributed by atoms with Gasteiger partial charge in [0, 0.05) is 6.04 Å². The number of hydrogen-bond donors (Lipinski definition) is 1. The number of hydrogen-bond acceptors (Lipinski definition) is 2. The van der Waals surface area contributed by atoms with Crippen molar-refractivity contribution < 1.29 is 8.42 Å². The van der Waals surface area contributed by atoms with Crippen LogP contribution < -0.4 is 4.72 Å². The van der Waals surface area contributed by atoms with E-state index in [1.165, 1.54) is 11.1 Å². The standard InChI is InChI=1S/C19H21NO2S/c21-23(22,18-8-2-1-3-9-18)20-19-16-10-11-17(19)13-15-7-5-4-6-14(15)12-16/h1-9,16-17,19-20H,10-13H2. The van der Waals surface area contributed by atoms with Crippen LogP contribution in [0.1, 0.15) is 24.0 Å². The van der Waals surface area contributed by atoms with Crippen LogP contribution in [-0.4, -0.2) is 14.5 Å². The highest BCUT2D eigenvalue weighted by Gasteiger charge is 2.41. The van der Waals surface area contributed by atoms with Crippen molar-refractivity contribution in [3.05, 3.63) is 65.7 Å². The van der Waals surface area contributed by atoms with Gasteiger partial charge in [0.05, 0.1) is 4.90 Å². The zero-order valence-corrected chi connectivity index (χ0v) is 13.8. The van der Waals surface area contributed by atoms with Crippen LogP contribution >= 0.6 is 0 Å². The lowest BCUT2D eigenvalue weighted by Gasteiger charge is -2.23. The lowest BCUT2D eigenvalue weighted by Crippen LogP contribution is -2.41. The molecule has 0 aromatic heterocycles. The van der Waals surface area contributed by atoms with Crippen molar-refractivity contribution in [1.82, 2.24) is 4.72 Å². The normalized spacial score (nSPS) is 26.5. The van der Waals surface area contributed by atoms with Gasteiger partial charge in [0.2, 0.25) is 10.0 Å². The molecule has 0 saturated heterocycles. The highest BCUT2D eigenvalue weighted by atomic mass is 32.2. The maximum Gasteiger partial charge on any atom is 0.240 e.